The summed E-state index contributed by atoms with van der Waals surface area (Å²) in [5.74, 6) is 1.08. The van der Waals surface area contributed by atoms with Crippen molar-refractivity contribution in [3.05, 3.63) is 35.5 Å². The predicted octanol–water partition coefficient (Wildman–Crippen LogP) is 4.49. The Bertz CT molecular complexity index is 817. The van der Waals surface area contributed by atoms with Gasteiger partial charge in [0.2, 0.25) is 11.8 Å². The Balaban J connectivity index is 0.000000242. The van der Waals surface area contributed by atoms with Gasteiger partial charge in [-0.15, -0.1) is 12.6 Å². The van der Waals surface area contributed by atoms with E-state index in [-0.39, 0.29) is 17.7 Å². The fraction of sp³-hybridized carbons (Fsp3) is 0.583. The lowest BCUT2D eigenvalue weighted by molar-refractivity contribution is -0.126. The van der Waals surface area contributed by atoms with Crippen LogP contribution in [0.3, 0.4) is 0 Å². The molecule has 0 spiro atoms. The third-order valence-corrected chi connectivity index (χ3v) is 6.28. The zero-order valence-corrected chi connectivity index (χ0v) is 20.2. The minimum absolute atomic E-state index is 0.116. The van der Waals surface area contributed by atoms with Crippen LogP contribution in [-0.2, 0) is 16.0 Å². The molecule has 176 valence electrons. The van der Waals surface area contributed by atoms with E-state index >= 15 is 0 Å². The lowest BCUT2D eigenvalue weighted by Gasteiger charge is -2.26. The van der Waals surface area contributed by atoms with E-state index in [1.165, 1.54) is 5.56 Å². The number of carbonyl (C=O) groups is 2. The number of fused-ring (bicyclic) bond motifs is 1. The first-order valence-corrected chi connectivity index (χ1v) is 12.0. The highest BCUT2D eigenvalue weighted by atomic mass is 32.1. The van der Waals surface area contributed by atoms with E-state index in [0.717, 1.165) is 67.8 Å². The van der Waals surface area contributed by atoms with Crippen LogP contribution in [0.5, 0.6) is 0 Å². The van der Waals surface area contributed by atoms with Crippen LogP contribution in [-0.4, -0.2) is 32.0 Å². The van der Waals surface area contributed by atoms with Crippen molar-refractivity contribution >= 4 is 30.1 Å². The van der Waals surface area contributed by atoms with Gasteiger partial charge in [0.15, 0.2) is 0 Å². The smallest absolute Gasteiger partial charge is 0.224 e. The molecule has 3 rings (SSSR count). The van der Waals surface area contributed by atoms with Gasteiger partial charge < -0.3 is 16.4 Å². The highest BCUT2D eigenvalue weighted by Gasteiger charge is 2.25. The summed E-state index contributed by atoms with van der Waals surface area (Å²) in [6, 6.07) is 5.83. The van der Waals surface area contributed by atoms with Crippen molar-refractivity contribution in [2.24, 2.45) is 27.8 Å². The van der Waals surface area contributed by atoms with E-state index in [9.17, 15) is 9.59 Å². The van der Waals surface area contributed by atoms with E-state index in [0.29, 0.717) is 18.9 Å². The van der Waals surface area contributed by atoms with Gasteiger partial charge in [-0.25, -0.2) is 0 Å². The van der Waals surface area contributed by atoms with E-state index in [4.69, 9.17) is 5.73 Å². The maximum atomic E-state index is 12.0. The van der Waals surface area contributed by atoms with Crippen molar-refractivity contribution in [2.75, 3.05) is 25.5 Å². The molecule has 32 heavy (non-hydrogen) atoms. The molecule has 0 aromatic heterocycles. The van der Waals surface area contributed by atoms with Gasteiger partial charge in [-0.1, -0.05) is 6.08 Å². The molecule has 1 aliphatic heterocycles. The fourth-order valence-corrected chi connectivity index (χ4v) is 4.29. The van der Waals surface area contributed by atoms with Crippen LogP contribution in [0.2, 0.25) is 0 Å². The van der Waals surface area contributed by atoms with Crippen LogP contribution < -0.4 is 16.4 Å². The maximum Gasteiger partial charge on any atom is 0.224 e. The quantitative estimate of drug-likeness (QED) is 0.371. The summed E-state index contributed by atoms with van der Waals surface area (Å²) in [6.45, 7) is 3.31. The first-order chi connectivity index (χ1) is 15.5. The third-order valence-electron chi connectivity index (χ3n) is 6.01. The van der Waals surface area contributed by atoms with E-state index in [1.807, 2.05) is 31.2 Å². The summed E-state index contributed by atoms with van der Waals surface area (Å²) < 4.78 is 0. The number of hydrogen-bond donors (Lipinski definition) is 4. The third kappa shape index (κ3) is 8.74. The number of nitrogens with one attached hydrogen (secondary N) is 2. The number of nitrogens with zero attached hydrogens (tertiary/aromatic N) is 2. The number of nitrogens with two attached hydrogens (primary N) is 1. The molecule has 2 amide bonds. The molecule has 1 saturated carbocycles. The highest BCUT2D eigenvalue weighted by molar-refractivity contribution is 7.80. The van der Waals surface area contributed by atoms with Gasteiger partial charge in [-0.3, -0.25) is 9.59 Å². The lowest BCUT2D eigenvalue weighted by atomic mass is 9.81. The Morgan fingerprint density at radius 3 is 2.69 bits per heavy atom. The Hall–Kier alpha value is -2.19. The second-order valence-corrected chi connectivity index (χ2v) is 8.83. The number of rotatable bonds is 6. The van der Waals surface area contributed by atoms with Crippen LogP contribution in [0.15, 0.2) is 45.1 Å². The van der Waals surface area contributed by atoms with Gasteiger partial charge >= 0.3 is 0 Å². The van der Waals surface area contributed by atoms with Gasteiger partial charge in [-0.05, 0) is 81.7 Å². The minimum atomic E-state index is 0.116. The molecule has 1 fully saturated rings. The predicted molar refractivity (Wildman–Crippen MR) is 132 cm³/mol. The number of thiol groups is 1. The van der Waals surface area contributed by atoms with Gasteiger partial charge in [0.05, 0.1) is 5.70 Å². The Morgan fingerprint density at radius 2 is 2.03 bits per heavy atom. The van der Waals surface area contributed by atoms with Crippen molar-refractivity contribution in [3.8, 4) is 0 Å². The van der Waals surface area contributed by atoms with E-state index < -0.39 is 0 Å². The molecule has 0 atom stereocenters. The molecule has 1 heterocycles. The molecule has 1 aromatic rings. The minimum Gasteiger partial charge on any atom is -0.355 e. The number of hydrogen-bond acceptors (Lipinski definition) is 6. The van der Waals surface area contributed by atoms with Gasteiger partial charge in [0, 0.05) is 42.9 Å². The van der Waals surface area contributed by atoms with Crippen LogP contribution in [0, 0.1) is 11.8 Å². The largest absolute Gasteiger partial charge is 0.355 e. The first kappa shape index (κ1) is 26.1. The van der Waals surface area contributed by atoms with Crippen molar-refractivity contribution < 1.29 is 9.59 Å². The topological polar surface area (TPSA) is 109 Å². The average Bonchev–Trinajstić information content (AvgIpc) is 2.99. The standard InChI is InChI=1S/C14H26N4O.C10H11NOS/c1-3-13(18-16-2)8-9-17-14(19)12-6-4-11(10-15)5-7-12;12-10-3-1-2-7-6-8(13)4-5-9(7)11-10/h3,11-12H,4-10,15H2,1-2H3,(H,17,19);4-6,13H,1-3H2,(H,11,12)/b13-3-,18-16?;. The van der Waals surface area contributed by atoms with E-state index in [2.05, 4.69) is 33.5 Å². The molecule has 1 aromatic carbocycles. The van der Waals surface area contributed by atoms with Crippen molar-refractivity contribution in [1.29, 1.82) is 0 Å². The molecule has 0 bridgehead atoms. The molecule has 1 aliphatic carbocycles. The monoisotopic (exact) mass is 459 g/mol. The number of anilines is 1. The second kappa shape index (κ2) is 14.1. The molecule has 2 aliphatic rings. The zero-order valence-electron chi connectivity index (χ0n) is 19.3. The summed E-state index contributed by atoms with van der Waals surface area (Å²) in [5, 5.41) is 13.6. The molecule has 4 N–H and O–H groups in total. The number of aryl methyl sites for hydroxylation is 1. The molecule has 7 nitrogen and oxygen atoms in total. The van der Waals surface area contributed by atoms with Gasteiger partial charge in [-0.2, -0.15) is 10.2 Å². The molecule has 0 saturated heterocycles. The number of carbonyl (C=O) groups excluding carboxylic acids is 2. The molecular weight excluding hydrogens is 422 g/mol. The summed E-state index contributed by atoms with van der Waals surface area (Å²) in [6.07, 6.45) is 9.27. The number of azo groups is 1. The molecular formula is C24H37N5O2S. The SMILES string of the molecule is C/C=C(/CCNC(=O)C1CCC(CN)CC1)N=NC.O=C1CCCc2cc(S)ccc2N1. The Labute approximate surface area is 197 Å². The summed E-state index contributed by atoms with van der Waals surface area (Å²) in [7, 11) is 1.65. The highest BCUT2D eigenvalue weighted by Crippen LogP contribution is 2.28. The number of allylic oxidation sites excluding steroid dienone is 1. The van der Waals surface area contributed by atoms with Crippen molar-refractivity contribution in [3.63, 3.8) is 0 Å². The number of benzene rings is 1. The van der Waals surface area contributed by atoms with Crippen molar-refractivity contribution in [2.45, 2.75) is 63.2 Å². The normalized spacial score (nSPS) is 21.1. The fourth-order valence-electron chi connectivity index (χ4n) is 4.06. The summed E-state index contributed by atoms with van der Waals surface area (Å²) >= 11 is 4.26. The van der Waals surface area contributed by atoms with Crippen LogP contribution in [0.4, 0.5) is 5.69 Å². The number of amides is 2. The molecule has 0 radical (unpaired) electrons. The second-order valence-electron chi connectivity index (χ2n) is 8.32. The van der Waals surface area contributed by atoms with Gasteiger partial charge in [0.25, 0.3) is 0 Å². The molecule has 0 unspecified atom stereocenters. The van der Waals surface area contributed by atoms with Crippen molar-refractivity contribution in [1.82, 2.24) is 5.32 Å². The molecule has 8 heteroatoms. The summed E-state index contributed by atoms with van der Waals surface area (Å²) in [5.41, 5.74) is 8.71. The van der Waals surface area contributed by atoms with Crippen LogP contribution >= 0.6 is 12.6 Å². The maximum absolute atomic E-state index is 12.0. The zero-order chi connectivity index (χ0) is 23.3. The Kier molecular flexibility index (Phi) is 11.5. The van der Waals surface area contributed by atoms with E-state index in [1.54, 1.807) is 7.05 Å². The van der Waals surface area contributed by atoms with Gasteiger partial charge in [0.1, 0.15) is 0 Å². The van der Waals surface area contributed by atoms with Crippen LogP contribution in [0.25, 0.3) is 0 Å². The average molecular weight is 460 g/mol. The van der Waals surface area contributed by atoms with Crippen LogP contribution in [0.1, 0.15) is 57.4 Å². The first-order valence-electron chi connectivity index (χ1n) is 11.5. The lowest BCUT2D eigenvalue weighted by Crippen LogP contribution is -2.34. The summed E-state index contributed by atoms with van der Waals surface area (Å²) in [4.78, 5) is 24.2. The Morgan fingerprint density at radius 1 is 1.28 bits per heavy atom.